The van der Waals surface area contributed by atoms with Gasteiger partial charge >= 0.3 is 0 Å². The molecule has 0 radical (unpaired) electrons. The Morgan fingerprint density at radius 1 is 1.27 bits per heavy atom. The fourth-order valence-electron chi connectivity index (χ4n) is 1.40. The zero-order chi connectivity index (χ0) is 11.3. The van der Waals surface area contributed by atoms with E-state index in [0.717, 1.165) is 11.3 Å². The van der Waals surface area contributed by atoms with Gasteiger partial charge < -0.3 is 9.84 Å². The molecule has 0 aliphatic carbocycles. The van der Waals surface area contributed by atoms with Gasteiger partial charge in [0.1, 0.15) is 5.75 Å². The SMILES string of the molecule is CC#C[C@H](C)[C@H](O)c1ccc(OC)cc1. The Kier molecular flexibility index (Phi) is 4.20. The Balaban J connectivity index is 2.80. The molecule has 0 saturated carbocycles. The van der Waals surface area contributed by atoms with E-state index < -0.39 is 6.10 Å². The summed E-state index contributed by atoms with van der Waals surface area (Å²) in [6, 6.07) is 7.39. The maximum absolute atomic E-state index is 9.94. The van der Waals surface area contributed by atoms with Gasteiger partial charge in [-0.2, -0.15) is 0 Å². The Hall–Kier alpha value is -1.46. The monoisotopic (exact) mass is 204 g/mol. The van der Waals surface area contributed by atoms with Crippen molar-refractivity contribution < 1.29 is 9.84 Å². The van der Waals surface area contributed by atoms with Crippen LogP contribution in [0.15, 0.2) is 24.3 Å². The lowest BCUT2D eigenvalue weighted by atomic mass is 9.98. The fraction of sp³-hybridized carbons (Fsp3) is 0.385. The van der Waals surface area contributed by atoms with E-state index in [0.29, 0.717) is 0 Å². The highest BCUT2D eigenvalue weighted by atomic mass is 16.5. The minimum absolute atomic E-state index is 0.0524. The summed E-state index contributed by atoms with van der Waals surface area (Å²) in [6.45, 7) is 3.68. The van der Waals surface area contributed by atoms with Gasteiger partial charge in [0.25, 0.3) is 0 Å². The van der Waals surface area contributed by atoms with E-state index in [-0.39, 0.29) is 5.92 Å². The number of benzene rings is 1. The summed E-state index contributed by atoms with van der Waals surface area (Å²) in [4.78, 5) is 0. The van der Waals surface area contributed by atoms with Gasteiger partial charge in [-0.05, 0) is 31.5 Å². The molecule has 2 heteroatoms. The minimum Gasteiger partial charge on any atom is -0.497 e. The first-order chi connectivity index (χ1) is 7.19. The highest BCUT2D eigenvalue weighted by Gasteiger charge is 2.13. The molecule has 0 fully saturated rings. The predicted molar refractivity (Wildman–Crippen MR) is 60.6 cm³/mol. The Labute approximate surface area is 90.9 Å². The lowest BCUT2D eigenvalue weighted by Crippen LogP contribution is -2.06. The molecule has 0 amide bonds. The topological polar surface area (TPSA) is 29.5 Å². The van der Waals surface area contributed by atoms with Crippen LogP contribution in [0, 0.1) is 17.8 Å². The highest BCUT2D eigenvalue weighted by molar-refractivity contribution is 5.29. The molecule has 0 aliphatic heterocycles. The maximum Gasteiger partial charge on any atom is 0.118 e. The van der Waals surface area contributed by atoms with Crippen molar-refractivity contribution in [1.29, 1.82) is 0 Å². The van der Waals surface area contributed by atoms with Crippen LogP contribution in [-0.4, -0.2) is 12.2 Å². The van der Waals surface area contributed by atoms with E-state index in [9.17, 15) is 5.11 Å². The molecule has 0 aliphatic rings. The van der Waals surface area contributed by atoms with Crippen LogP contribution in [0.5, 0.6) is 5.75 Å². The zero-order valence-corrected chi connectivity index (χ0v) is 9.32. The van der Waals surface area contributed by atoms with Crippen LogP contribution in [-0.2, 0) is 0 Å². The summed E-state index contributed by atoms with van der Waals surface area (Å²) in [5.74, 6) is 6.49. The summed E-state index contributed by atoms with van der Waals surface area (Å²) < 4.78 is 5.05. The average Bonchev–Trinajstić information content (AvgIpc) is 2.28. The molecule has 0 heterocycles. The van der Waals surface area contributed by atoms with Gasteiger partial charge in [-0.25, -0.2) is 0 Å². The van der Waals surface area contributed by atoms with Crippen LogP contribution >= 0.6 is 0 Å². The zero-order valence-electron chi connectivity index (χ0n) is 9.32. The van der Waals surface area contributed by atoms with Crippen LogP contribution in [0.1, 0.15) is 25.5 Å². The number of hydrogen-bond donors (Lipinski definition) is 1. The van der Waals surface area contributed by atoms with Gasteiger partial charge in [0, 0.05) is 5.92 Å². The molecule has 1 aromatic carbocycles. The van der Waals surface area contributed by atoms with E-state index in [1.54, 1.807) is 14.0 Å². The lowest BCUT2D eigenvalue weighted by molar-refractivity contribution is 0.143. The molecule has 1 aromatic rings. The predicted octanol–water partition coefficient (Wildman–Crippen LogP) is 2.39. The molecule has 0 spiro atoms. The molecule has 1 rings (SSSR count). The van der Waals surface area contributed by atoms with Gasteiger partial charge in [0.2, 0.25) is 0 Å². The van der Waals surface area contributed by atoms with Crippen molar-refractivity contribution in [2.75, 3.05) is 7.11 Å². The highest BCUT2D eigenvalue weighted by Crippen LogP contribution is 2.23. The summed E-state index contributed by atoms with van der Waals surface area (Å²) >= 11 is 0. The van der Waals surface area contributed by atoms with E-state index in [2.05, 4.69) is 11.8 Å². The minimum atomic E-state index is -0.539. The summed E-state index contributed by atoms with van der Waals surface area (Å²) in [6.07, 6.45) is -0.539. The van der Waals surface area contributed by atoms with Crippen molar-refractivity contribution in [3.63, 3.8) is 0 Å². The first-order valence-electron chi connectivity index (χ1n) is 4.93. The second kappa shape index (κ2) is 5.43. The molecule has 0 unspecified atom stereocenters. The molecular weight excluding hydrogens is 188 g/mol. The van der Waals surface area contributed by atoms with Crippen LogP contribution in [0.4, 0.5) is 0 Å². The molecule has 1 N–H and O–H groups in total. The molecule has 0 saturated heterocycles. The molecule has 2 atom stereocenters. The Bertz CT molecular complexity index is 356. The number of methoxy groups -OCH3 is 1. The van der Waals surface area contributed by atoms with Gasteiger partial charge in [0.15, 0.2) is 0 Å². The van der Waals surface area contributed by atoms with E-state index in [4.69, 9.17) is 4.74 Å². The standard InChI is InChI=1S/C13H16O2/c1-4-5-10(2)13(14)11-6-8-12(15-3)9-7-11/h6-10,13-14H,1-3H3/t10-,13-/m0/s1. The summed E-state index contributed by atoms with van der Waals surface area (Å²) in [5.41, 5.74) is 0.867. The van der Waals surface area contributed by atoms with Crippen molar-refractivity contribution in [2.45, 2.75) is 20.0 Å². The van der Waals surface area contributed by atoms with E-state index in [1.165, 1.54) is 0 Å². The molecule has 80 valence electrons. The van der Waals surface area contributed by atoms with Gasteiger partial charge in [-0.3, -0.25) is 0 Å². The van der Waals surface area contributed by atoms with Gasteiger partial charge in [-0.15, -0.1) is 5.92 Å². The lowest BCUT2D eigenvalue weighted by Gasteiger charge is -2.14. The van der Waals surface area contributed by atoms with Crippen LogP contribution < -0.4 is 4.74 Å². The second-order valence-corrected chi connectivity index (χ2v) is 3.40. The second-order valence-electron chi connectivity index (χ2n) is 3.40. The third-order valence-corrected chi connectivity index (χ3v) is 2.30. The van der Waals surface area contributed by atoms with Crippen molar-refractivity contribution in [1.82, 2.24) is 0 Å². The molecular formula is C13H16O2. The fourth-order valence-corrected chi connectivity index (χ4v) is 1.40. The average molecular weight is 204 g/mol. The summed E-state index contributed by atoms with van der Waals surface area (Å²) in [7, 11) is 1.62. The van der Waals surface area contributed by atoms with Crippen LogP contribution in [0.3, 0.4) is 0 Å². The first-order valence-corrected chi connectivity index (χ1v) is 4.93. The quantitative estimate of drug-likeness (QED) is 0.766. The number of aliphatic hydroxyl groups excluding tert-OH is 1. The van der Waals surface area contributed by atoms with Gasteiger partial charge in [0.05, 0.1) is 13.2 Å². The third-order valence-electron chi connectivity index (χ3n) is 2.30. The number of ether oxygens (including phenoxy) is 1. The van der Waals surface area contributed by atoms with Gasteiger partial charge in [-0.1, -0.05) is 18.1 Å². The normalized spacial score (nSPS) is 13.6. The Morgan fingerprint density at radius 2 is 1.87 bits per heavy atom. The smallest absolute Gasteiger partial charge is 0.118 e. The number of aliphatic hydroxyl groups is 1. The van der Waals surface area contributed by atoms with E-state index in [1.807, 2.05) is 31.2 Å². The summed E-state index contributed by atoms with van der Waals surface area (Å²) in [5, 5.41) is 9.94. The maximum atomic E-state index is 9.94. The number of rotatable bonds is 3. The molecule has 2 nitrogen and oxygen atoms in total. The first kappa shape index (κ1) is 11.6. The third kappa shape index (κ3) is 3.00. The van der Waals surface area contributed by atoms with Crippen LogP contribution in [0.2, 0.25) is 0 Å². The van der Waals surface area contributed by atoms with E-state index >= 15 is 0 Å². The van der Waals surface area contributed by atoms with Crippen molar-refractivity contribution >= 4 is 0 Å². The molecule has 0 aromatic heterocycles. The largest absolute Gasteiger partial charge is 0.497 e. The number of hydrogen-bond acceptors (Lipinski definition) is 2. The van der Waals surface area contributed by atoms with Crippen molar-refractivity contribution in [2.24, 2.45) is 5.92 Å². The molecule has 15 heavy (non-hydrogen) atoms. The Morgan fingerprint density at radius 3 is 2.33 bits per heavy atom. The molecule has 0 bridgehead atoms. The van der Waals surface area contributed by atoms with Crippen LogP contribution in [0.25, 0.3) is 0 Å². The van der Waals surface area contributed by atoms with Crippen molar-refractivity contribution in [3.8, 4) is 17.6 Å². The van der Waals surface area contributed by atoms with Crippen molar-refractivity contribution in [3.05, 3.63) is 29.8 Å².